The lowest BCUT2D eigenvalue weighted by atomic mass is 9.73. The number of carboxylic acid groups (broad SMARTS) is 1. The van der Waals surface area contributed by atoms with Gasteiger partial charge in [0, 0.05) is 43.6 Å². The van der Waals surface area contributed by atoms with Gasteiger partial charge >= 0.3 is 5.97 Å². The number of amides is 1. The number of carbonyl (C=O) groups is 2. The van der Waals surface area contributed by atoms with Gasteiger partial charge in [-0.15, -0.1) is 0 Å². The van der Waals surface area contributed by atoms with Crippen molar-refractivity contribution in [3.05, 3.63) is 118 Å². The van der Waals surface area contributed by atoms with Gasteiger partial charge in [-0.25, -0.2) is 32.8 Å². The van der Waals surface area contributed by atoms with E-state index in [0.29, 0.717) is 35.9 Å². The van der Waals surface area contributed by atoms with Crippen molar-refractivity contribution in [2.45, 2.75) is 44.9 Å². The molecular weight excluding hydrogens is 623 g/mol. The van der Waals surface area contributed by atoms with Crippen LogP contribution in [0.1, 0.15) is 47.1 Å². The number of aromatic nitrogens is 3. The minimum absolute atomic E-state index is 0.0378. The Labute approximate surface area is 273 Å². The van der Waals surface area contributed by atoms with Crippen molar-refractivity contribution in [2.24, 2.45) is 5.92 Å². The van der Waals surface area contributed by atoms with Crippen LogP contribution >= 0.6 is 0 Å². The number of rotatable bonds is 9. The third-order valence-corrected chi connectivity index (χ3v) is 9.28. The predicted molar refractivity (Wildman–Crippen MR) is 169 cm³/mol. The Morgan fingerprint density at radius 3 is 2.52 bits per heavy atom. The highest BCUT2D eigenvalue weighted by molar-refractivity contribution is 5.92. The Kier molecular flexibility index (Phi) is 7.62. The van der Waals surface area contributed by atoms with Crippen LogP contribution in [0.5, 0.6) is 5.88 Å². The highest BCUT2D eigenvalue weighted by Crippen LogP contribution is 2.52. The summed E-state index contributed by atoms with van der Waals surface area (Å²) in [6.45, 7) is 9.36. The topological polar surface area (TPSA) is 102 Å². The standard InChI is InChI=1S/C36H28F3N5O4/c1-20(45)44-17-21-15-36(44,16-21)19-43-32-11-22(35(46)47)7-9-31(32)41-33(43)12-24-10-29(39)26(14-28(24)38)30-4-3-5-34(42-30)48-18-23-6-8-25(40-2)13-27(23)37/h3-11,13-14,21H,12,15-19H2,1H3,(H,46,47). The van der Waals surface area contributed by atoms with E-state index in [1.165, 1.54) is 43.3 Å². The molecule has 5 aromatic rings. The minimum Gasteiger partial charge on any atom is -0.478 e. The van der Waals surface area contributed by atoms with Crippen molar-refractivity contribution in [1.82, 2.24) is 19.4 Å². The second-order valence-electron chi connectivity index (χ2n) is 12.4. The molecule has 9 nitrogen and oxygen atoms in total. The minimum atomic E-state index is -1.10. The van der Waals surface area contributed by atoms with Gasteiger partial charge in [0.1, 0.15) is 29.9 Å². The number of aromatic carboxylic acids is 1. The van der Waals surface area contributed by atoms with E-state index >= 15 is 8.78 Å². The van der Waals surface area contributed by atoms with E-state index in [9.17, 15) is 19.1 Å². The van der Waals surface area contributed by atoms with E-state index in [1.54, 1.807) is 12.1 Å². The van der Waals surface area contributed by atoms with E-state index in [-0.39, 0.29) is 58.4 Å². The maximum absolute atomic E-state index is 15.7. The largest absolute Gasteiger partial charge is 0.478 e. The number of hydrogen-bond donors (Lipinski definition) is 1. The van der Waals surface area contributed by atoms with Gasteiger partial charge in [0.25, 0.3) is 0 Å². The molecule has 3 aliphatic rings. The van der Waals surface area contributed by atoms with E-state index in [1.807, 2.05) is 9.47 Å². The molecule has 1 N–H and O–H groups in total. The number of benzene rings is 3. The molecule has 8 rings (SSSR count). The fraction of sp³-hybridized carbons (Fsp3) is 0.250. The smallest absolute Gasteiger partial charge is 0.335 e. The van der Waals surface area contributed by atoms with E-state index in [2.05, 4.69) is 9.83 Å². The summed E-state index contributed by atoms with van der Waals surface area (Å²) in [6.07, 6.45) is 1.52. The molecule has 0 unspecified atom stereocenters. The van der Waals surface area contributed by atoms with E-state index in [4.69, 9.17) is 16.3 Å². The molecule has 2 aromatic heterocycles. The highest BCUT2D eigenvalue weighted by Gasteiger charge is 2.57. The molecular formula is C36H28F3N5O4. The number of imidazole rings is 1. The van der Waals surface area contributed by atoms with Crippen molar-refractivity contribution in [3.8, 4) is 17.1 Å². The maximum Gasteiger partial charge on any atom is 0.335 e. The first-order chi connectivity index (χ1) is 23.0. The Morgan fingerprint density at radius 1 is 1.00 bits per heavy atom. The third kappa shape index (κ3) is 5.51. The van der Waals surface area contributed by atoms with Crippen molar-refractivity contribution in [1.29, 1.82) is 0 Å². The van der Waals surface area contributed by atoms with Crippen LogP contribution in [-0.4, -0.2) is 48.5 Å². The lowest BCUT2D eigenvalue weighted by Crippen LogP contribution is -2.51. The number of carboxylic acids is 1. The number of ether oxygens (including phenoxy) is 1. The lowest BCUT2D eigenvalue weighted by Gasteiger charge is -2.42. The summed E-state index contributed by atoms with van der Waals surface area (Å²) in [6, 6.07) is 15.3. The summed E-state index contributed by atoms with van der Waals surface area (Å²) in [4.78, 5) is 38.3. The fourth-order valence-electron chi connectivity index (χ4n) is 7.01. The molecule has 2 aliphatic heterocycles. The molecule has 48 heavy (non-hydrogen) atoms. The van der Waals surface area contributed by atoms with Crippen LogP contribution < -0.4 is 4.74 Å². The van der Waals surface area contributed by atoms with Gasteiger partial charge in [-0.1, -0.05) is 18.2 Å². The number of halogens is 3. The Bertz CT molecular complexity index is 2170. The lowest BCUT2D eigenvalue weighted by molar-refractivity contribution is -0.133. The van der Waals surface area contributed by atoms with E-state index in [0.717, 1.165) is 31.0 Å². The van der Waals surface area contributed by atoms with Crippen molar-refractivity contribution in [3.63, 3.8) is 0 Å². The van der Waals surface area contributed by atoms with E-state index < -0.39 is 29.0 Å². The third-order valence-electron chi connectivity index (χ3n) is 9.28. The second kappa shape index (κ2) is 11.8. The van der Waals surface area contributed by atoms with Crippen molar-refractivity contribution < 1.29 is 32.6 Å². The molecule has 3 aromatic carbocycles. The van der Waals surface area contributed by atoms with Gasteiger partial charge in [-0.3, -0.25) is 4.79 Å². The van der Waals surface area contributed by atoms with Crippen LogP contribution in [0.3, 0.4) is 0 Å². The predicted octanol–water partition coefficient (Wildman–Crippen LogP) is 6.95. The SMILES string of the molecule is [C-]#[N+]c1ccc(COc2cccc(-c3cc(F)c(Cc4nc5ccc(C(=O)O)cc5n4CC45CC(CN4C(C)=O)C5)cc3F)n2)c(F)c1. The average Bonchev–Trinajstić information content (AvgIpc) is 3.71. The monoisotopic (exact) mass is 651 g/mol. The molecule has 3 fully saturated rings. The molecule has 2 bridgehead atoms. The Morgan fingerprint density at radius 2 is 1.79 bits per heavy atom. The second-order valence-corrected chi connectivity index (χ2v) is 12.4. The molecule has 1 aliphatic carbocycles. The summed E-state index contributed by atoms with van der Waals surface area (Å²) < 4.78 is 53.1. The summed E-state index contributed by atoms with van der Waals surface area (Å²) in [5, 5.41) is 9.64. The molecule has 2 saturated heterocycles. The average molecular weight is 652 g/mol. The van der Waals surface area contributed by atoms with Crippen molar-refractivity contribution >= 4 is 28.6 Å². The number of pyridine rings is 1. The van der Waals surface area contributed by atoms with Gasteiger partial charge in [-0.05, 0) is 66.8 Å². The molecule has 0 spiro atoms. The zero-order valence-corrected chi connectivity index (χ0v) is 25.7. The van der Waals surface area contributed by atoms with Crippen LogP contribution in [0.4, 0.5) is 18.9 Å². The fourth-order valence-corrected chi connectivity index (χ4v) is 7.01. The highest BCUT2D eigenvalue weighted by atomic mass is 19.1. The van der Waals surface area contributed by atoms with Crippen molar-refractivity contribution in [2.75, 3.05) is 6.54 Å². The Balaban J connectivity index is 1.18. The summed E-state index contributed by atoms with van der Waals surface area (Å²) in [7, 11) is 0. The number of carbonyl (C=O) groups excluding carboxylic acids is 1. The summed E-state index contributed by atoms with van der Waals surface area (Å²) >= 11 is 0. The van der Waals surface area contributed by atoms with Crippen LogP contribution in [0.2, 0.25) is 0 Å². The summed E-state index contributed by atoms with van der Waals surface area (Å²) in [5.74, 6) is -2.28. The first-order valence-corrected chi connectivity index (χ1v) is 15.3. The number of hydrogen-bond acceptors (Lipinski definition) is 5. The van der Waals surface area contributed by atoms with Gasteiger partial charge in [0.05, 0.1) is 34.4 Å². The normalized spacial score (nSPS) is 18.1. The molecule has 1 saturated carbocycles. The molecule has 242 valence electrons. The molecule has 4 heterocycles. The molecule has 12 heteroatoms. The van der Waals surface area contributed by atoms with Gasteiger partial charge < -0.3 is 19.3 Å². The quantitative estimate of drug-likeness (QED) is 0.173. The number of nitrogens with zero attached hydrogens (tertiary/aromatic N) is 5. The Hall–Kier alpha value is -5.70. The van der Waals surface area contributed by atoms with Gasteiger partial charge in [-0.2, -0.15) is 0 Å². The maximum atomic E-state index is 15.7. The van der Waals surface area contributed by atoms with Crippen LogP contribution in [0.15, 0.2) is 66.7 Å². The zero-order valence-electron chi connectivity index (χ0n) is 25.7. The first-order valence-electron chi connectivity index (χ1n) is 15.3. The number of fused-ring (bicyclic) bond motifs is 2. The van der Waals surface area contributed by atoms with Crippen LogP contribution in [-0.2, 0) is 24.4 Å². The molecule has 0 atom stereocenters. The zero-order chi connectivity index (χ0) is 33.7. The summed E-state index contributed by atoms with van der Waals surface area (Å²) in [5.41, 5.74) is 1.08. The van der Waals surface area contributed by atoms with Gasteiger partial charge in [0.2, 0.25) is 11.8 Å². The molecule has 0 radical (unpaired) electrons. The van der Waals surface area contributed by atoms with Crippen LogP contribution in [0.25, 0.3) is 27.1 Å². The first kappa shape index (κ1) is 30.9. The van der Waals surface area contributed by atoms with Crippen LogP contribution in [0, 0.1) is 29.9 Å². The molecule has 1 amide bonds. The van der Waals surface area contributed by atoms with Gasteiger partial charge in [0.15, 0.2) is 5.69 Å².